The largest absolute Gasteiger partial charge is 0.355 e. The van der Waals surface area contributed by atoms with Gasteiger partial charge in [0.1, 0.15) is 5.82 Å². The third-order valence-electron chi connectivity index (χ3n) is 5.96. The molecule has 1 aromatic rings. The van der Waals surface area contributed by atoms with Crippen molar-refractivity contribution in [1.82, 2.24) is 19.8 Å². The van der Waals surface area contributed by atoms with Gasteiger partial charge in [0.05, 0.1) is 0 Å². The maximum absolute atomic E-state index is 13.1. The molecular weight excluding hydrogens is 328 g/mol. The lowest BCUT2D eigenvalue weighted by atomic mass is 10.2. The Morgan fingerprint density at radius 1 is 1.04 bits per heavy atom. The number of amides is 1. The van der Waals surface area contributed by atoms with Gasteiger partial charge in [-0.05, 0) is 39.5 Å². The predicted octanol–water partition coefficient (Wildman–Crippen LogP) is 0.941. The third-order valence-corrected chi connectivity index (χ3v) is 5.96. The van der Waals surface area contributed by atoms with Gasteiger partial charge in [0, 0.05) is 62.6 Å². The first kappa shape index (κ1) is 17.7. The number of rotatable bonds is 3. The average molecular weight is 358 g/mol. The zero-order valence-corrected chi connectivity index (χ0v) is 15.9. The fraction of sp³-hybridized carbons (Fsp3) is 0.737. The smallest absolute Gasteiger partial charge is 0.291 e. The van der Waals surface area contributed by atoms with Crippen LogP contribution < -0.4 is 10.6 Å². The molecule has 142 valence electrons. The van der Waals surface area contributed by atoms with Crippen molar-refractivity contribution in [3.8, 4) is 0 Å². The van der Waals surface area contributed by atoms with Crippen LogP contribution in [0, 0.1) is 13.8 Å². The summed E-state index contributed by atoms with van der Waals surface area (Å²) in [5.74, 6) is 1.18. The van der Waals surface area contributed by atoms with E-state index in [2.05, 4.69) is 19.8 Å². The summed E-state index contributed by atoms with van der Waals surface area (Å²) >= 11 is 0. The van der Waals surface area contributed by atoms with Gasteiger partial charge in [-0.25, -0.2) is 9.97 Å². The summed E-state index contributed by atoms with van der Waals surface area (Å²) in [6, 6.07) is 0.941. The minimum absolute atomic E-state index is 0.0320. The number of aromatic nitrogens is 2. The van der Waals surface area contributed by atoms with Gasteiger partial charge < -0.3 is 15.5 Å². The van der Waals surface area contributed by atoms with E-state index in [-0.39, 0.29) is 11.9 Å². The zero-order valence-electron chi connectivity index (χ0n) is 15.9. The highest BCUT2D eigenvalue weighted by atomic mass is 16.2. The molecule has 26 heavy (non-hydrogen) atoms. The lowest BCUT2D eigenvalue weighted by molar-refractivity contribution is 0.0748. The molecule has 0 bridgehead atoms. The van der Waals surface area contributed by atoms with Gasteiger partial charge in [0.25, 0.3) is 5.91 Å². The molecule has 3 aliphatic rings. The van der Waals surface area contributed by atoms with Crippen molar-refractivity contribution in [3.05, 3.63) is 17.1 Å². The van der Waals surface area contributed by atoms with Crippen LogP contribution in [-0.2, 0) is 0 Å². The Morgan fingerprint density at radius 3 is 2.54 bits per heavy atom. The first-order valence-electron chi connectivity index (χ1n) is 9.92. The van der Waals surface area contributed by atoms with Gasteiger partial charge in [-0.3, -0.25) is 9.69 Å². The minimum Gasteiger partial charge on any atom is -0.355 e. The third kappa shape index (κ3) is 3.55. The predicted molar refractivity (Wildman–Crippen MR) is 101 cm³/mol. The lowest BCUT2D eigenvalue weighted by Crippen LogP contribution is -2.37. The normalized spacial score (nSPS) is 24.8. The van der Waals surface area contributed by atoms with Crippen LogP contribution >= 0.6 is 0 Å². The average Bonchev–Trinajstić information content (AvgIpc) is 3.41. The van der Waals surface area contributed by atoms with E-state index in [0.29, 0.717) is 5.82 Å². The van der Waals surface area contributed by atoms with Gasteiger partial charge >= 0.3 is 0 Å². The minimum atomic E-state index is -0.0320. The van der Waals surface area contributed by atoms with Gasteiger partial charge in [-0.15, -0.1) is 0 Å². The number of hydrogen-bond acceptors (Lipinski definition) is 6. The van der Waals surface area contributed by atoms with E-state index in [4.69, 9.17) is 5.73 Å². The van der Waals surface area contributed by atoms with E-state index in [9.17, 15) is 4.79 Å². The Balaban J connectivity index is 1.52. The molecule has 3 fully saturated rings. The number of nitrogens with zero attached hydrogens (tertiary/aromatic N) is 5. The van der Waals surface area contributed by atoms with Crippen LogP contribution in [0.3, 0.4) is 0 Å². The Bertz CT molecular complexity index is 689. The molecule has 0 radical (unpaired) electrons. The van der Waals surface area contributed by atoms with E-state index in [1.54, 1.807) is 0 Å². The number of nitrogens with two attached hydrogens (primary N) is 1. The highest BCUT2D eigenvalue weighted by molar-refractivity contribution is 5.91. The number of anilines is 1. The molecule has 2 saturated heterocycles. The molecule has 1 atom stereocenters. The van der Waals surface area contributed by atoms with E-state index in [1.807, 2.05) is 18.7 Å². The summed E-state index contributed by atoms with van der Waals surface area (Å²) in [5.41, 5.74) is 7.99. The SMILES string of the molecule is Cc1nc(C(=O)N2CCCN(C3CC3)CC2)nc(N2CC[C@@H](N)C2)c1C. The van der Waals surface area contributed by atoms with Gasteiger partial charge in [0.2, 0.25) is 5.82 Å². The monoisotopic (exact) mass is 358 g/mol. The number of carbonyl (C=O) groups excluding carboxylic acids is 1. The van der Waals surface area contributed by atoms with Crippen molar-refractivity contribution in [2.45, 2.75) is 51.6 Å². The standard InChI is InChI=1S/C19H30N6O/c1-13-14(2)21-17(22-18(13)25-9-6-15(20)12-25)19(26)24-8-3-7-23(10-11-24)16-4-5-16/h15-16H,3-12,20H2,1-2H3/t15-/m1/s1. The van der Waals surface area contributed by atoms with Gasteiger partial charge in [-0.2, -0.15) is 0 Å². The molecule has 1 aliphatic carbocycles. The summed E-state index contributed by atoms with van der Waals surface area (Å²) in [6.45, 7) is 9.32. The quantitative estimate of drug-likeness (QED) is 0.866. The molecule has 7 nitrogen and oxygen atoms in total. The Kier molecular flexibility index (Phi) is 4.84. The first-order valence-corrected chi connectivity index (χ1v) is 9.92. The van der Waals surface area contributed by atoms with Crippen molar-refractivity contribution in [2.75, 3.05) is 44.2 Å². The van der Waals surface area contributed by atoms with Gasteiger partial charge in [-0.1, -0.05) is 0 Å². The molecule has 1 amide bonds. The maximum atomic E-state index is 13.1. The Hall–Kier alpha value is -1.73. The molecule has 1 aromatic heterocycles. The molecular formula is C19H30N6O. The van der Waals surface area contributed by atoms with E-state index in [1.165, 1.54) is 12.8 Å². The fourth-order valence-corrected chi connectivity index (χ4v) is 4.08. The van der Waals surface area contributed by atoms with Crippen LogP contribution in [0.4, 0.5) is 5.82 Å². The van der Waals surface area contributed by atoms with Gasteiger partial charge in [0.15, 0.2) is 0 Å². The highest BCUT2D eigenvalue weighted by Gasteiger charge is 2.32. The van der Waals surface area contributed by atoms with E-state index in [0.717, 1.165) is 75.2 Å². The summed E-state index contributed by atoms with van der Waals surface area (Å²) in [4.78, 5) is 28.9. The zero-order chi connectivity index (χ0) is 18.3. The molecule has 0 unspecified atom stereocenters. The van der Waals surface area contributed by atoms with Crippen molar-refractivity contribution in [3.63, 3.8) is 0 Å². The second kappa shape index (κ2) is 7.12. The molecule has 0 spiro atoms. The number of aryl methyl sites for hydroxylation is 1. The first-order chi connectivity index (χ1) is 12.5. The molecule has 3 heterocycles. The summed E-state index contributed by atoms with van der Waals surface area (Å²) in [6.07, 6.45) is 4.63. The lowest BCUT2D eigenvalue weighted by Gasteiger charge is -2.23. The summed E-state index contributed by atoms with van der Waals surface area (Å²) < 4.78 is 0. The topological polar surface area (TPSA) is 78.6 Å². The van der Waals surface area contributed by atoms with Crippen molar-refractivity contribution in [2.24, 2.45) is 5.73 Å². The van der Waals surface area contributed by atoms with Crippen molar-refractivity contribution in [1.29, 1.82) is 0 Å². The highest BCUT2D eigenvalue weighted by Crippen LogP contribution is 2.28. The van der Waals surface area contributed by atoms with Crippen LogP contribution in [0.25, 0.3) is 0 Å². The van der Waals surface area contributed by atoms with Crippen LogP contribution in [-0.4, -0.2) is 77.0 Å². The van der Waals surface area contributed by atoms with Crippen LogP contribution in [0.2, 0.25) is 0 Å². The molecule has 1 saturated carbocycles. The fourth-order valence-electron chi connectivity index (χ4n) is 4.08. The van der Waals surface area contributed by atoms with E-state index < -0.39 is 0 Å². The summed E-state index contributed by atoms with van der Waals surface area (Å²) in [5, 5.41) is 0. The van der Waals surface area contributed by atoms with Crippen LogP contribution in [0.15, 0.2) is 0 Å². The second-order valence-corrected chi connectivity index (χ2v) is 7.99. The number of hydrogen-bond donors (Lipinski definition) is 1. The molecule has 0 aromatic carbocycles. The van der Waals surface area contributed by atoms with Crippen molar-refractivity contribution < 1.29 is 4.79 Å². The molecule has 2 aliphatic heterocycles. The second-order valence-electron chi connectivity index (χ2n) is 7.99. The van der Waals surface area contributed by atoms with Crippen LogP contribution in [0.5, 0.6) is 0 Å². The maximum Gasteiger partial charge on any atom is 0.291 e. The Labute approximate surface area is 155 Å². The molecule has 2 N–H and O–H groups in total. The summed E-state index contributed by atoms with van der Waals surface area (Å²) in [7, 11) is 0. The Morgan fingerprint density at radius 2 is 1.85 bits per heavy atom. The molecule has 7 heteroatoms. The van der Waals surface area contributed by atoms with E-state index >= 15 is 0 Å². The molecule has 4 rings (SSSR count). The van der Waals surface area contributed by atoms with Crippen LogP contribution in [0.1, 0.15) is 47.6 Å². The van der Waals surface area contributed by atoms with Crippen molar-refractivity contribution >= 4 is 11.7 Å². The number of carbonyl (C=O) groups is 1.